The van der Waals surface area contributed by atoms with Gasteiger partial charge in [-0.2, -0.15) is 0 Å². The highest BCUT2D eigenvalue weighted by Crippen LogP contribution is 2.36. The molecule has 0 aliphatic carbocycles. The third-order valence-electron chi connectivity index (χ3n) is 3.89. The summed E-state index contributed by atoms with van der Waals surface area (Å²) in [6.07, 6.45) is -0.113. The summed E-state index contributed by atoms with van der Waals surface area (Å²) in [4.78, 5) is 37.0. The van der Waals surface area contributed by atoms with Crippen LogP contribution >= 0.6 is 23.4 Å². The van der Waals surface area contributed by atoms with Crippen LogP contribution in [0.4, 0.5) is 11.4 Å². The monoisotopic (exact) mass is 404 g/mol. The van der Waals surface area contributed by atoms with Crippen molar-refractivity contribution in [3.8, 4) is 0 Å². The number of aryl methyl sites for hydroxylation is 1. The van der Waals surface area contributed by atoms with Gasteiger partial charge in [-0.05, 0) is 42.8 Å². The van der Waals surface area contributed by atoms with Crippen molar-refractivity contribution in [2.45, 2.75) is 23.5 Å². The van der Waals surface area contributed by atoms with Crippen molar-refractivity contribution in [1.29, 1.82) is 0 Å². The summed E-state index contributed by atoms with van der Waals surface area (Å²) in [6, 6.07) is 12.4. The van der Waals surface area contributed by atoms with E-state index in [9.17, 15) is 14.4 Å². The maximum atomic E-state index is 12.1. The lowest BCUT2D eigenvalue weighted by molar-refractivity contribution is -0.147. The third-order valence-corrected chi connectivity index (χ3v) is 5.40. The summed E-state index contributed by atoms with van der Waals surface area (Å²) in [5.41, 5.74) is 2.13. The van der Waals surface area contributed by atoms with Gasteiger partial charge in [-0.3, -0.25) is 14.4 Å². The van der Waals surface area contributed by atoms with Gasteiger partial charge < -0.3 is 15.4 Å². The third kappa shape index (κ3) is 5.02. The molecule has 1 aliphatic rings. The molecule has 1 aliphatic heterocycles. The highest BCUT2D eigenvalue weighted by molar-refractivity contribution is 8.01. The predicted molar refractivity (Wildman–Crippen MR) is 105 cm³/mol. The summed E-state index contributed by atoms with van der Waals surface area (Å²) in [5, 5.41) is 5.41. The van der Waals surface area contributed by atoms with Crippen LogP contribution in [0.1, 0.15) is 12.0 Å². The van der Waals surface area contributed by atoms with E-state index in [2.05, 4.69) is 10.6 Å². The molecule has 2 aromatic rings. The first-order valence-corrected chi connectivity index (χ1v) is 9.46. The molecule has 3 rings (SSSR count). The number of nitrogens with one attached hydrogen (secondary N) is 2. The number of hydrogen-bond donors (Lipinski definition) is 2. The lowest BCUT2D eigenvalue weighted by Gasteiger charge is -2.23. The Labute approximate surface area is 165 Å². The van der Waals surface area contributed by atoms with E-state index < -0.39 is 23.7 Å². The maximum absolute atomic E-state index is 12.1. The van der Waals surface area contributed by atoms with Gasteiger partial charge in [-0.25, -0.2) is 0 Å². The summed E-state index contributed by atoms with van der Waals surface area (Å²) in [7, 11) is 0. The van der Waals surface area contributed by atoms with Gasteiger partial charge >= 0.3 is 5.97 Å². The van der Waals surface area contributed by atoms with E-state index in [0.717, 1.165) is 16.1 Å². The molecular formula is C19H17ClN2O4S. The molecule has 140 valence electrons. The number of anilines is 2. The van der Waals surface area contributed by atoms with Crippen LogP contribution in [0.2, 0.25) is 5.02 Å². The van der Waals surface area contributed by atoms with E-state index in [1.807, 2.05) is 25.1 Å². The molecular weight excluding hydrogens is 388 g/mol. The van der Waals surface area contributed by atoms with Crippen molar-refractivity contribution in [3.05, 3.63) is 53.1 Å². The number of esters is 1. The molecule has 27 heavy (non-hydrogen) atoms. The summed E-state index contributed by atoms with van der Waals surface area (Å²) in [6.45, 7) is 1.39. The molecule has 0 saturated carbocycles. The van der Waals surface area contributed by atoms with E-state index >= 15 is 0 Å². The molecule has 1 atom stereocenters. The maximum Gasteiger partial charge on any atom is 0.307 e. The van der Waals surface area contributed by atoms with Gasteiger partial charge in [0.25, 0.3) is 5.91 Å². The number of para-hydroxylation sites is 1. The van der Waals surface area contributed by atoms with Crippen molar-refractivity contribution >= 4 is 52.5 Å². The minimum Gasteiger partial charge on any atom is -0.456 e. The first-order chi connectivity index (χ1) is 12.9. The van der Waals surface area contributed by atoms with Crippen LogP contribution in [-0.2, 0) is 19.1 Å². The van der Waals surface area contributed by atoms with Gasteiger partial charge in [0.1, 0.15) is 0 Å². The van der Waals surface area contributed by atoms with Crippen LogP contribution in [0, 0.1) is 6.92 Å². The van der Waals surface area contributed by atoms with Gasteiger partial charge in [0.05, 0.1) is 17.4 Å². The van der Waals surface area contributed by atoms with E-state index in [0.29, 0.717) is 10.7 Å². The minimum absolute atomic E-state index is 0.113. The Balaban J connectivity index is 1.49. The van der Waals surface area contributed by atoms with Crippen LogP contribution in [0.5, 0.6) is 0 Å². The fourth-order valence-electron chi connectivity index (χ4n) is 2.54. The number of carbonyl (C=O) groups is 3. The average molecular weight is 405 g/mol. The number of hydrogen-bond acceptors (Lipinski definition) is 5. The molecule has 0 fully saturated rings. The first-order valence-electron chi connectivity index (χ1n) is 8.20. The van der Waals surface area contributed by atoms with E-state index in [4.69, 9.17) is 16.3 Å². The minimum atomic E-state index is -0.606. The Kier molecular flexibility index (Phi) is 6.03. The zero-order valence-corrected chi connectivity index (χ0v) is 16.0. The zero-order chi connectivity index (χ0) is 19.4. The van der Waals surface area contributed by atoms with Crippen LogP contribution in [0.25, 0.3) is 0 Å². The Morgan fingerprint density at radius 3 is 2.81 bits per heavy atom. The fourth-order valence-corrected chi connectivity index (χ4v) is 3.86. The Morgan fingerprint density at radius 2 is 2.04 bits per heavy atom. The number of carbonyl (C=O) groups excluding carboxylic acids is 3. The number of fused-ring (bicyclic) bond motifs is 1. The van der Waals surface area contributed by atoms with Gasteiger partial charge in [-0.15, -0.1) is 11.8 Å². The van der Waals surface area contributed by atoms with Gasteiger partial charge in [0, 0.05) is 15.6 Å². The second-order valence-electron chi connectivity index (χ2n) is 5.96. The number of rotatable bonds is 5. The summed E-state index contributed by atoms with van der Waals surface area (Å²) >= 11 is 7.18. The second kappa shape index (κ2) is 8.45. The van der Waals surface area contributed by atoms with Gasteiger partial charge in [-0.1, -0.05) is 23.7 Å². The molecule has 2 aromatic carbocycles. The van der Waals surface area contributed by atoms with Crippen LogP contribution in [-0.4, -0.2) is 29.6 Å². The molecule has 0 radical (unpaired) electrons. The smallest absolute Gasteiger partial charge is 0.307 e. The highest BCUT2D eigenvalue weighted by Gasteiger charge is 2.29. The first kappa shape index (κ1) is 19.3. The normalized spacial score (nSPS) is 15.5. The molecule has 2 amide bonds. The molecule has 0 aromatic heterocycles. The topological polar surface area (TPSA) is 84.5 Å². The lowest BCUT2D eigenvalue weighted by Crippen LogP contribution is -2.32. The standard InChI is InChI=1S/C19H17ClN2O4S/c1-11-8-12(20)6-7-13(11)21-17(23)10-26-18(24)9-16-19(25)22-14-4-2-3-5-15(14)27-16/h2-8,16H,9-10H2,1H3,(H,21,23)(H,22,25)/t16-/m1/s1. The highest BCUT2D eigenvalue weighted by atomic mass is 35.5. The molecule has 0 bridgehead atoms. The molecule has 6 nitrogen and oxygen atoms in total. The molecule has 8 heteroatoms. The SMILES string of the molecule is Cc1cc(Cl)ccc1NC(=O)COC(=O)C[C@H]1Sc2ccccc2NC1=O. The largest absolute Gasteiger partial charge is 0.456 e. The second-order valence-corrected chi connectivity index (χ2v) is 7.65. The number of amides is 2. The number of halogens is 1. The number of thioether (sulfide) groups is 1. The Morgan fingerprint density at radius 1 is 1.26 bits per heavy atom. The molecule has 0 saturated heterocycles. The quantitative estimate of drug-likeness (QED) is 0.743. The number of ether oxygens (including phenoxy) is 1. The van der Waals surface area contributed by atoms with E-state index in [1.54, 1.807) is 24.3 Å². The Hall–Kier alpha value is -2.51. The van der Waals surface area contributed by atoms with Crippen LogP contribution in [0.3, 0.4) is 0 Å². The molecule has 0 unspecified atom stereocenters. The molecule has 1 heterocycles. The summed E-state index contributed by atoms with van der Waals surface area (Å²) in [5.74, 6) is -1.32. The fraction of sp³-hybridized carbons (Fsp3) is 0.211. The lowest BCUT2D eigenvalue weighted by atomic mass is 10.2. The zero-order valence-electron chi connectivity index (χ0n) is 14.5. The van der Waals surface area contributed by atoms with E-state index in [1.165, 1.54) is 11.8 Å². The van der Waals surface area contributed by atoms with Crippen molar-refractivity contribution in [1.82, 2.24) is 0 Å². The predicted octanol–water partition coefficient (Wildman–Crippen LogP) is 3.63. The number of benzene rings is 2. The van der Waals surface area contributed by atoms with E-state index in [-0.39, 0.29) is 12.3 Å². The van der Waals surface area contributed by atoms with Gasteiger partial charge in [0.15, 0.2) is 6.61 Å². The Bertz CT molecular complexity index is 903. The molecule has 2 N–H and O–H groups in total. The molecule has 0 spiro atoms. The van der Waals surface area contributed by atoms with Gasteiger partial charge in [0.2, 0.25) is 5.91 Å². The van der Waals surface area contributed by atoms with Crippen LogP contribution < -0.4 is 10.6 Å². The van der Waals surface area contributed by atoms with Crippen molar-refractivity contribution in [2.24, 2.45) is 0 Å². The van der Waals surface area contributed by atoms with Crippen molar-refractivity contribution in [3.63, 3.8) is 0 Å². The van der Waals surface area contributed by atoms with Crippen molar-refractivity contribution in [2.75, 3.05) is 17.2 Å². The average Bonchev–Trinajstić information content (AvgIpc) is 2.63. The summed E-state index contributed by atoms with van der Waals surface area (Å²) < 4.78 is 5.01. The van der Waals surface area contributed by atoms with Crippen LogP contribution in [0.15, 0.2) is 47.4 Å². The van der Waals surface area contributed by atoms with Crippen molar-refractivity contribution < 1.29 is 19.1 Å².